The van der Waals surface area contributed by atoms with Crippen LogP contribution in [0.4, 0.5) is 26.3 Å². The number of halogens is 6. The Bertz CT molecular complexity index is 1250. The summed E-state index contributed by atoms with van der Waals surface area (Å²) in [6, 6.07) is 3.98. The normalized spacial score (nSPS) is 12.9. The van der Waals surface area contributed by atoms with Crippen molar-refractivity contribution in [2.75, 3.05) is 5.75 Å². The molecule has 0 aliphatic heterocycles. The van der Waals surface area contributed by atoms with Crippen LogP contribution in [0.1, 0.15) is 18.2 Å². The molecule has 0 aliphatic carbocycles. The molecule has 4 heterocycles. The lowest BCUT2D eigenvalue weighted by Crippen LogP contribution is -2.07. The van der Waals surface area contributed by atoms with E-state index in [0.29, 0.717) is 16.3 Å². The zero-order chi connectivity index (χ0) is 21.8. The van der Waals surface area contributed by atoms with Crippen LogP contribution in [0, 0.1) is 0 Å². The third kappa shape index (κ3) is 3.38. The number of alkyl halides is 6. The summed E-state index contributed by atoms with van der Waals surface area (Å²) in [5.74, 6) is 0.812. The fourth-order valence-electron chi connectivity index (χ4n) is 3.06. The van der Waals surface area contributed by atoms with Crippen molar-refractivity contribution in [2.24, 2.45) is 7.05 Å². The largest absolute Gasteiger partial charge is 0.433 e. The molecule has 30 heavy (non-hydrogen) atoms. The summed E-state index contributed by atoms with van der Waals surface area (Å²) in [6.45, 7) is 1.87. The second kappa shape index (κ2) is 6.89. The van der Waals surface area contributed by atoms with Crippen molar-refractivity contribution >= 4 is 28.6 Å². The number of aryl methyl sites for hydroxylation is 1. The van der Waals surface area contributed by atoms with Crippen LogP contribution in [0.25, 0.3) is 28.3 Å². The molecule has 12 heteroatoms. The van der Waals surface area contributed by atoms with E-state index in [-0.39, 0.29) is 22.8 Å². The van der Waals surface area contributed by atoms with Crippen LogP contribution in [0.2, 0.25) is 0 Å². The van der Waals surface area contributed by atoms with Gasteiger partial charge in [0.05, 0.1) is 11.1 Å². The summed E-state index contributed by atoms with van der Waals surface area (Å²) in [5.41, 5.74) is -1.36. The van der Waals surface area contributed by atoms with Crippen molar-refractivity contribution in [1.82, 2.24) is 23.9 Å². The first-order valence-corrected chi connectivity index (χ1v) is 9.62. The van der Waals surface area contributed by atoms with Crippen molar-refractivity contribution in [1.29, 1.82) is 0 Å². The molecular weight excluding hydrogens is 432 g/mol. The molecule has 0 aromatic carbocycles. The Balaban J connectivity index is 1.94. The van der Waals surface area contributed by atoms with E-state index in [1.165, 1.54) is 33.0 Å². The zero-order valence-electron chi connectivity index (χ0n) is 15.5. The molecule has 0 saturated carbocycles. The molecule has 0 atom stereocenters. The first-order valence-electron chi connectivity index (χ1n) is 8.64. The van der Waals surface area contributed by atoms with E-state index in [9.17, 15) is 26.3 Å². The highest BCUT2D eigenvalue weighted by Crippen LogP contribution is 2.36. The van der Waals surface area contributed by atoms with E-state index >= 15 is 0 Å². The molecule has 4 aromatic heterocycles. The van der Waals surface area contributed by atoms with Crippen molar-refractivity contribution in [2.45, 2.75) is 24.3 Å². The van der Waals surface area contributed by atoms with E-state index in [1.807, 2.05) is 6.92 Å². The Morgan fingerprint density at radius 3 is 2.33 bits per heavy atom. The summed E-state index contributed by atoms with van der Waals surface area (Å²) < 4.78 is 81.2. The maximum Gasteiger partial charge on any atom is 0.433 e. The van der Waals surface area contributed by atoms with Gasteiger partial charge in [-0.3, -0.25) is 4.40 Å². The molecule has 0 saturated heterocycles. The van der Waals surface area contributed by atoms with Crippen LogP contribution >= 0.6 is 11.8 Å². The topological polar surface area (TPSA) is 48.0 Å². The lowest BCUT2D eigenvalue weighted by molar-refractivity contribution is -0.141. The van der Waals surface area contributed by atoms with Crippen LogP contribution in [-0.4, -0.2) is 29.7 Å². The van der Waals surface area contributed by atoms with Gasteiger partial charge < -0.3 is 4.57 Å². The fraction of sp³-hybridized carbons (Fsp3) is 0.278. The Labute approximate surface area is 169 Å². The third-order valence-corrected chi connectivity index (χ3v) is 5.39. The number of imidazole rings is 2. The maximum atomic E-state index is 13.1. The van der Waals surface area contributed by atoms with Gasteiger partial charge in [0, 0.05) is 13.2 Å². The molecule has 0 amide bonds. The van der Waals surface area contributed by atoms with Gasteiger partial charge in [-0.05, 0) is 30.0 Å². The summed E-state index contributed by atoms with van der Waals surface area (Å²) >= 11 is 1.34. The van der Waals surface area contributed by atoms with E-state index in [4.69, 9.17) is 0 Å². The molecule has 0 spiro atoms. The second-order valence-electron chi connectivity index (χ2n) is 6.37. The van der Waals surface area contributed by atoms with Gasteiger partial charge in [0.2, 0.25) is 0 Å². The van der Waals surface area contributed by atoms with Crippen LogP contribution in [0.5, 0.6) is 0 Å². The molecule has 0 radical (unpaired) electrons. The molecule has 5 nitrogen and oxygen atoms in total. The highest BCUT2D eigenvalue weighted by molar-refractivity contribution is 7.99. The van der Waals surface area contributed by atoms with Crippen LogP contribution < -0.4 is 0 Å². The Morgan fingerprint density at radius 1 is 0.967 bits per heavy atom. The van der Waals surface area contributed by atoms with Gasteiger partial charge in [-0.2, -0.15) is 26.3 Å². The van der Waals surface area contributed by atoms with E-state index in [1.54, 1.807) is 7.05 Å². The summed E-state index contributed by atoms with van der Waals surface area (Å²) in [5, 5.41) is 0.538. The average Bonchev–Trinajstić information content (AvgIpc) is 3.18. The Kier molecular flexibility index (Phi) is 4.71. The zero-order valence-corrected chi connectivity index (χ0v) is 16.3. The molecule has 4 rings (SSSR count). The average molecular weight is 445 g/mol. The number of fused-ring (bicyclic) bond motifs is 2. The van der Waals surface area contributed by atoms with Gasteiger partial charge in [0.25, 0.3) is 0 Å². The summed E-state index contributed by atoms with van der Waals surface area (Å²) in [4.78, 5) is 12.1. The molecule has 0 unspecified atom stereocenters. The van der Waals surface area contributed by atoms with Gasteiger partial charge in [0.15, 0.2) is 11.5 Å². The molecule has 0 aliphatic rings. The van der Waals surface area contributed by atoms with Gasteiger partial charge in [-0.15, -0.1) is 11.8 Å². The molecule has 0 fully saturated rings. The maximum absolute atomic E-state index is 13.1. The molecule has 0 bridgehead atoms. The number of hydrogen-bond donors (Lipinski definition) is 0. The molecule has 158 valence electrons. The van der Waals surface area contributed by atoms with Crippen LogP contribution in [0.15, 0.2) is 35.5 Å². The van der Waals surface area contributed by atoms with E-state index in [2.05, 4.69) is 15.0 Å². The molecular formula is C18H13F6N5S. The number of aromatic nitrogens is 5. The number of rotatable bonds is 3. The van der Waals surface area contributed by atoms with Crippen molar-refractivity contribution in [3.05, 3.63) is 41.7 Å². The highest BCUT2D eigenvalue weighted by atomic mass is 32.2. The van der Waals surface area contributed by atoms with Gasteiger partial charge in [-0.25, -0.2) is 15.0 Å². The number of hydrogen-bond acceptors (Lipinski definition) is 4. The number of nitrogens with zero attached hydrogens (tertiary/aromatic N) is 5. The smallest absolute Gasteiger partial charge is 0.324 e. The van der Waals surface area contributed by atoms with E-state index < -0.39 is 23.6 Å². The lowest BCUT2D eigenvalue weighted by atomic mass is 10.2. The monoisotopic (exact) mass is 445 g/mol. The predicted molar refractivity (Wildman–Crippen MR) is 99.1 cm³/mol. The predicted octanol–water partition coefficient (Wildman–Crippen LogP) is 5.43. The summed E-state index contributed by atoms with van der Waals surface area (Å²) in [6.07, 6.45) is -7.87. The van der Waals surface area contributed by atoms with E-state index in [0.717, 1.165) is 18.2 Å². The standard InChI is InChI=1S/C18H13F6N5S/c1-3-30-16-13(26-12-8-9(17(19,20)21)6-7-29(12)16)15-27-14-10(28(15)2)4-5-11(25-14)18(22,23)24/h4-8H,3H2,1-2H3. The molecule has 0 N–H and O–H groups in total. The first kappa shape index (κ1) is 20.5. The minimum Gasteiger partial charge on any atom is -0.324 e. The fourth-order valence-corrected chi connectivity index (χ4v) is 3.90. The minimum atomic E-state index is -4.62. The quantitative estimate of drug-likeness (QED) is 0.312. The Morgan fingerprint density at radius 2 is 1.70 bits per heavy atom. The van der Waals surface area contributed by atoms with Crippen LogP contribution in [-0.2, 0) is 19.4 Å². The van der Waals surface area contributed by atoms with Gasteiger partial charge in [0.1, 0.15) is 22.1 Å². The van der Waals surface area contributed by atoms with Crippen molar-refractivity contribution < 1.29 is 26.3 Å². The molecule has 4 aromatic rings. The Hall–Kier alpha value is -2.76. The summed E-state index contributed by atoms with van der Waals surface area (Å²) in [7, 11) is 1.59. The van der Waals surface area contributed by atoms with Gasteiger partial charge in [-0.1, -0.05) is 6.92 Å². The van der Waals surface area contributed by atoms with Crippen molar-refractivity contribution in [3.63, 3.8) is 0 Å². The third-order valence-electron chi connectivity index (χ3n) is 4.44. The lowest BCUT2D eigenvalue weighted by Gasteiger charge is -2.07. The minimum absolute atomic E-state index is 0.0618. The SMILES string of the molecule is CCSc1c(-c2nc3nc(C(F)(F)F)ccc3n2C)nc2cc(C(F)(F)F)ccn12. The van der Waals surface area contributed by atoms with Gasteiger partial charge >= 0.3 is 12.4 Å². The van der Waals surface area contributed by atoms with Crippen molar-refractivity contribution in [3.8, 4) is 11.5 Å². The number of pyridine rings is 2. The second-order valence-corrected chi connectivity index (χ2v) is 7.62. The highest BCUT2D eigenvalue weighted by Gasteiger charge is 2.34. The first-order chi connectivity index (χ1) is 14.0. The van der Waals surface area contributed by atoms with Crippen LogP contribution in [0.3, 0.4) is 0 Å². The number of thioether (sulfide) groups is 1.